The van der Waals surface area contributed by atoms with Gasteiger partial charge in [0.1, 0.15) is 11.6 Å². The Balaban J connectivity index is 1.90. The molecule has 1 saturated heterocycles. The van der Waals surface area contributed by atoms with Crippen molar-refractivity contribution in [1.29, 1.82) is 0 Å². The van der Waals surface area contributed by atoms with E-state index in [1.807, 2.05) is 12.1 Å². The highest BCUT2D eigenvalue weighted by Gasteiger charge is 2.37. The van der Waals surface area contributed by atoms with Gasteiger partial charge in [0.25, 0.3) is 0 Å². The summed E-state index contributed by atoms with van der Waals surface area (Å²) in [7, 11) is 1.61. The SMILES string of the molecule is COc1cc(-c2ccc(F)cc2)c(C2CCC2O)c(C2OCCO2)c1. The van der Waals surface area contributed by atoms with E-state index in [9.17, 15) is 9.50 Å². The Bertz CT molecular complexity index is 753. The van der Waals surface area contributed by atoms with E-state index >= 15 is 0 Å². The molecule has 5 heteroatoms. The maximum absolute atomic E-state index is 13.4. The first-order valence-electron chi connectivity index (χ1n) is 8.56. The first kappa shape index (κ1) is 16.5. The molecule has 1 aliphatic carbocycles. The second-order valence-electron chi connectivity index (χ2n) is 6.51. The van der Waals surface area contributed by atoms with Gasteiger partial charge >= 0.3 is 0 Å². The maximum atomic E-state index is 13.4. The third-order valence-corrected chi connectivity index (χ3v) is 5.06. The van der Waals surface area contributed by atoms with E-state index in [4.69, 9.17) is 14.2 Å². The van der Waals surface area contributed by atoms with Crippen molar-refractivity contribution in [3.05, 3.63) is 53.3 Å². The fraction of sp³-hybridized carbons (Fsp3) is 0.400. The van der Waals surface area contributed by atoms with Crippen LogP contribution >= 0.6 is 0 Å². The summed E-state index contributed by atoms with van der Waals surface area (Å²) in [6.07, 6.45) is 0.845. The number of aliphatic hydroxyl groups is 1. The Morgan fingerprint density at radius 1 is 1.08 bits per heavy atom. The minimum absolute atomic E-state index is 0.0220. The molecule has 1 saturated carbocycles. The molecule has 2 aliphatic rings. The zero-order valence-corrected chi connectivity index (χ0v) is 14.1. The van der Waals surface area contributed by atoms with Crippen molar-refractivity contribution in [1.82, 2.24) is 0 Å². The van der Waals surface area contributed by atoms with Crippen LogP contribution in [0.4, 0.5) is 4.39 Å². The minimum Gasteiger partial charge on any atom is -0.497 e. The van der Waals surface area contributed by atoms with Crippen LogP contribution in [-0.2, 0) is 9.47 Å². The van der Waals surface area contributed by atoms with Gasteiger partial charge in [0.15, 0.2) is 6.29 Å². The van der Waals surface area contributed by atoms with Gasteiger partial charge in [0.05, 0.1) is 26.4 Å². The largest absolute Gasteiger partial charge is 0.497 e. The van der Waals surface area contributed by atoms with E-state index in [0.29, 0.717) is 19.0 Å². The molecule has 1 heterocycles. The van der Waals surface area contributed by atoms with Crippen LogP contribution in [0.5, 0.6) is 5.75 Å². The van der Waals surface area contributed by atoms with Crippen LogP contribution in [-0.4, -0.2) is 31.5 Å². The van der Waals surface area contributed by atoms with E-state index in [-0.39, 0.29) is 17.8 Å². The molecule has 4 rings (SSSR count). The third-order valence-electron chi connectivity index (χ3n) is 5.06. The molecule has 4 nitrogen and oxygen atoms in total. The molecule has 0 aromatic heterocycles. The van der Waals surface area contributed by atoms with Crippen LogP contribution in [0.25, 0.3) is 11.1 Å². The van der Waals surface area contributed by atoms with Gasteiger partial charge in [-0.15, -0.1) is 0 Å². The Morgan fingerprint density at radius 3 is 2.36 bits per heavy atom. The normalized spacial score (nSPS) is 23.5. The van der Waals surface area contributed by atoms with Crippen molar-refractivity contribution >= 4 is 0 Å². The molecule has 2 aromatic carbocycles. The lowest BCUT2D eigenvalue weighted by molar-refractivity contribution is -0.0462. The second-order valence-corrected chi connectivity index (χ2v) is 6.51. The van der Waals surface area contributed by atoms with Gasteiger partial charge in [-0.1, -0.05) is 12.1 Å². The number of ether oxygens (including phenoxy) is 3. The van der Waals surface area contributed by atoms with Crippen molar-refractivity contribution in [2.75, 3.05) is 20.3 Å². The van der Waals surface area contributed by atoms with Gasteiger partial charge in [-0.2, -0.15) is 0 Å². The zero-order chi connectivity index (χ0) is 17.4. The van der Waals surface area contributed by atoms with E-state index in [1.54, 1.807) is 19.2 Å². The van der Waals surface area contributed by atoms with Gasteiger partial charge in [0, 0.05) is 11.5 Å². The summed E-state index contributed by atoms with van der Waals surface area (Å²) in [6, 6.07) is 10.2. The molecule has 1 N–H and O–H groups in total. The van der Waals surface area contributed by atoms with Crippen molar-refractivity contribution in [3.8, 4) is 16.9 Å². The van der Waals surface area contributed by atoms with E-state index in [1.165, 1.54) is 12.1 Å². The molecule has 2 fully saturated rings. The Morgan fingerprint density at radius 2 is 1.80 bits per heavy atom. The van der Waals surface area contributed by atoms with Gasteiger partial charge < -0.3 is 19.3 Å². The van der Waals surface area contributed by atoms with Crippen LogP contribution < -0.4 is 4.74 Å². The lowest BCUT2D eigenvalue weighted by Gasteiger charge is -2.36. The number of hydrogen-bond donors (Lipinski definition) is 1. The van der Waals surface area contributed by atoms with Gasteiger partial charge in [-0.25, -0.2) is 4.39 Å². The monoisotopic (exact) mass is 344 g/mol. The van der Waals surface area contributed by atoms with Gasteiger partial charge in [-0.05, 0) is 53.8 Å². The van der Waals surface area contributed by atoms with Crippen molar-refractivity contribution in [2.45, 2.75) is 31.2 Å². The number of hydrogen-bond acceptors (Lipinski definition) is 4. The summed E-state index contributed by atoms with van der Waals surface area (Å²) in [5, 5.41) is 10.3. The highest BCUT2D eigenvalue weighted by molar-refractivity contribution is 5.72. The van der Waals surface area contributed by atoms with Crippen LogP contribution in [0.15, 0.2) is 36.4 Å². The summed E-state index contributed by atoms with van der Waals surface area (Å²) in [6.45, 7) is 1.08. The summed E-state index contributed by atoms with van der Waals surface area (Å²) in [5.41, 5.74) is 3.71. The lowest BCUT2D eigenvalue weighted by Crippen LogP contribution is -2.30. The molecule has 25 heavy (non-hydrogen) atoms. The number of benzene rings is 2. The third kappa shape index (κ3) is 3.03. The Hall–Kier alpha value is -1.95. The average molecular weight is 344 g/mol. The van der Waals surface area contributed by atoms with Crippen LogP contribution in [0, 0.1) is 5.82 Å². The number of rotatable bonds is 4. The minimum atomic E-state index is -0.461. The highest BCUT2D eigenvalue weighted by atomic mass is 19.1. The first-order valence-corrected chi connectivity index (χ1v) is 8.56. The maximum Gasteiger partial charge on any atom is 0.184 e. The fourth-order valence-electron chi connectivity index (χ4n) is 3.60. The van der Waals surface area contributed by atoms with E-state index < -0.39 is 6.29 Å². The molecule has 2 atom stereocenters. The van der Waals surface area contributed by atoms with E-state index in [2.05, 4.69) is 0 Å². The molecular weight excluding hydrogens is 323 g/mol. The van der Waals surface area contributed by atoms with Crippen LogP contribution in [0.1, 0.15) is 36.2 Å². The number of aliphatic hydroxyl groups excluding tert-OH is 1. The van der Waals surface area contributed by atoms with Crippen LogP contribution in [0.2, 0.25) is 0 Å². The van der Waals surface area contributed by atoms with Gasteiger partial charge in [0.2, 0.25) is 0 Å². The van der Waals surface area contributed by atoms with Crippen molar-refractivity contribution < 1.29 is 23.7 Å². The molecule has 132 valence electrons. The first-order chi connectivity index (χ1) is 12.2. The zero-order valence-electron chi connectivity index (χ0n) is 14.1. The van der Waals surface area contributed by atoms with Crippen molar-refractivity contribution in [2.24, 2.45) is 0 Å². The summed E-state index contributed by atoms with van der Waals surface area (Å²) < 4.78 is 30.3. The molecule has 1 aliphatic heterocycles. The molecule has 2 unspecified atom stereocenters. The molecule has 0 spiro atoms. The smallest absolute Gasteiger partial charge is 0.184 e. The summed E-state index contributed by atoms with van der Waals surface area (Å²) in [5.74, 6) is 0.430. The lowest BCUT2D eigenvalue weighted by atomic mass is 9.72. The second kappa shape index (κ2) is 6.75. The number of halogens is 1. The quantitative estimate of drug-likeness (QED) is 0.917. The van der Waals surface area contributed by atoms with Crippen LogP contribution in [0.3, 0.4) is 0 Å². The standard InChI is InChI=1S/C20H21FO4/c1-23-14-10-16(12-2-4-13(21)5-3-12)19(15-6-7-18(15)22)17(11-14)20-24-8-9-25-20/h2-5,10-11,15,18,20,22H,6-9H2,1H3. The predicted molar refractivity (Wildman–Crippen MR) is 91.0 cm³/mol. The fourth-order valence-corrected chi connectivity index (χ4v) is 3.60. The molecule has 0 bridgehead atoms. The average Bonchev–Trinajstić information content (AvgIpc) is 3.16. The Kier molecular flexibility index (Phi) is 4.46. The predicted octanol–water partition coefficient (Wildman–Crippen LogP) is 3.79. The van der Waals surface area contributed by atoms with Gasteiger partial charge in [-0.3, -0.25) is 0 Å². The summed E-state index contributed by atoms with van der Waals surface area (Å²) >= 11 is 0. The highest BCUT2D eigenvalue weighted by Crippen LogP contribution is 2.47. The number of methoxy groups -OCH3 is 1. The topological polar surface area (TPSA) is 47.9 Å². The van der Waals surface area contributed by atoms with E-state index in [0.717, 1.165) is 35.1 Å². The molecule has 2 aromatic rings. The summed E-state index contributed by atoms with van der Waals surface area (Å²) in [4.78, 5) is 0. The molecule has 0 amide bonds. The molecular formula is C20H21FO4. The Labute approximate surface area is 146 Å². The molecule has 0 radical (unpaired) electrons. The van der Waals surface area contributed by atoms with Crippen molar-refractivity contribution in [3.63, 3.8) is 0 Å².